The quantitative estimate of drug-likeness (QED) is 0.576. The van der Waals surface area contributed by atoms with Gasteiger partial charge in [-0.15, -0.1) is 0 Å². The minimum atomic E-state index is -1.46. The lowest BCUT2D eigenvalue weighted by Crippen LogP contribution is -2.48. The molecule has 3 amide bonds. The van der Waals surface area contributed by atoms with Crippen molar-refractivity contribution in [1.82, 2.24) is 5.32 Å². The highest BCUT2D eigenvalue weighted by molar-refractivity contribution is 6.30. The second-order valence-corrected chi connectivity index (χ2v) is 7.49. The van der Waals surface area contributed by atoms with Gasteiger partial charge in [-0.1, -0.05) is 54.1 Å². The zero-order chi connectivity index (χ0) is 23.1. The zero-order valence-corrected chi connectivity index (χ0v) is 18.0. The number of amides is 3. The van der Waals surface area contributed by atoms with Crippen LogP contribution in [-0.2, 0) is 9.59 Å². The number of nitrogens with one attached hydrogen (secondary N) is 2. The molecule has 0 aliphatic heterocycles. The molecule has 1 atom stereocenters. The molecule has 0 aliphatic carbocycles. The first-order chi connectivity index (χ1) is 15.3. The van der Waals surface area contributed by atoms with Gasteiger partial charge in [0, 0.05) is 16.4 Å². The number of para-hydroxylation sites is 1. The van der Waals surface area contributed by atoms with Crippen LogP contribution in [0.3, 0.4) is 0 Å². The van der Waals surface area contributed by atoms with E-state index in [1.54, 1.807) is 48.5 Å². The van der Waals surface area contributed by atoms with Crippen molar-refractivity contribution in [3.8, 4) is 0 Å². The van der Waals surface area contributed by atoms with Crippen LogP contribution in [0.25, 0.3) is 0 Å². The fourth-order valence-corrected chi connectivity index (χ4v) is 3.33. The van der Waals surface area contributed by atoms with Crippen molar-refractivity contribution in [2.75, 3.05) is 16.8 Å². The fourth-order valence-electron chi connectivity index (χ4n) is 3.20. The van der Waals surface area contributed by atoms with E-state index in [1.807, 2.05) is 13.0 Å². The molecule has 0 heterocycles. The number of urea groups is 1. The lowest BCUT2D eigenvalue weighted by molar-refractivity contribution is -0.307. The van der Waals surface area contributed by atoms with Crippen molar-refractivity contribution in [1.29, 1.82) is 0 Å². The maximum absolute atomic E-state index is 13.1. The van der Waals surface area contributed by atoms with Crippen LogP contribution in [0.4, 0.5) is 16.2 Å². The van der Waals surface area contributed by atoms with Crippen molar-refractivity contribution < 1.29 is 19.5 Å². The Kier molecular flexibility index (Phi) is 7.46. The van der Waals surface area contributed by atoms with Crippen LogP contribution >= 0.6 is 11.6 Å². The molecule has 0 radical (unpaired) electrons. The Morgan fingerprint density at radius 2 is 1.66 bits per heavy atom. The Hall–Kier alpha value is -3.84. The van der Waals surface area contributed by atoms with Crippen molar-refractivity contribution in [3.05, 3.63) is 95.0 Å². The Morgan fingerprint density at radius 1 is 0.969 bits per heavy atom. The summed E-state index contributed by atoms with van der Waals surface area (Å²) in [6.07, 6.45) is 0. The first kappa shape index (κ1) is 22.8. The van der Waals surface area contributed by atoms with E-state index in [9.17, 15) is 19.5 Å². The van der Waals surface area contributed by atoms with E-state index < -0.39 is 30.5 Å². The lowest BCUT2D eigenvalue weighted by atomic mass is 10.0. The van der Waals surface area contributed by atoms with Crippen LogP contribution in [0, 0.1) is 6.92 Å². The maximum Gasteiger partial charge on any atom is 0.319 e. The first-order valence-electron chi connectivity index (χ1n) is 9.80. The molecule has 32 heavy (non-hydrogen) atoms. The number of aryl methyl sites for hydroxylation is 1. The van der Waals surface area contributed by atoms with Gasteiger partial charge in [0.25, 0.3) is 0 Å². The molecule has 0 saturated heterocycles. The minimum Gasteiger partial charge on any atom is -0.547 e. The van der Waals surface area contributed by atoms with Crippen LogP contribution in [0.2, 0.25) is 5.02 Å². The SMILES string of the molecule is Cc1cccc(NC(=O)NCC(=O)N(c2ccccc2)C(C(=O)[O-])c2ccc(Cl)cc2)c1. The third-order valence-electron chi connectivity index (χ3n) is 4.65. The standard InChI is InChI=1S/C24H22ClN3O4/c1-16-6-5-7-19(14-16)27-24(32)26-15-21(29)28(20-8-3-2-4-9-20)22(23(30)31)17-10-12-18(25)13-11-17/h2-14,22H,15H2,1H3,(H,30,31)(H2,26,27,32)/p-1. The van der Waals surface area contributed by atoms with E-state index in [0.29, 0.717) is 22.0 Å². The molecular weight excluding hydrogens is 430 g/mol. The highest BCUT2D eigenvalue weighted by Gasteiger charge is 2.28. The summed E-state index contributed by atoms with van der Waals surface area (Å²) in [6.45, 7) is 1.46. The number of halogens is 1. The van der Waals surface area contributed by atoms with Gasteiger partial charge in [-0.25, -0.2) is 4.79 Å². The smallest absolute Gasteiger partial charge is 0.319 e. The fraction of sp³-hybridized carbons (Fsp3) is 0.125. The van der Waals surface area contributed by atoms with E-state index in [4.69, 9.17) is 11.6 Å². The highest BCUT2D eigenvalue weighted by Crippen LogP contribution is 2.28. The van der Waals surface area contributed by atoms with Gasteiger partial charge < -0.3 is 20.5 Å². The predicted octanol–water partition coefficient (Wildman–Crippen LogP) is 3.29. The molecule has 8 heteroatoms. The van der Waals surface area contributed by atoms with Crippen molar-refractivity contribution in [2.24, 2.45) is 0 Å². The average molecular weight is 451 g/mol. The van der Waals surface area contributed by atoms with Crippen LogP contribution in [0.5, 0.6) is 0 Å². The number of carbonyl (C=O) groups excluding carboxylic acids is 3. The van der Waals surface area contributed by atoms with Gasteiger partial charge in [-0.3, -0.25) is 9.69 Å². The number of hydrogen-bond acceptors (Lipinski definition) is 4. The minimum absolute atomic E-state index is 0.316. The summed E-state index contributed by atoms with van der Waals surface area (Å²) in [5.74, 6) is -2.09. The summed E-state index contributed by atoms with van der Waals surface area (Å²) in [5.41, 5.74) is 2.20. The summed E-state index contributed by atoms with van der Waals surface area (Å²) in [6, 6.07) is 19.6. The summed E-state index contributed by atoms with van der Waals surface area (Å²) in [4.78, 5) is 38.5. The number of nitrogens with zero attached hydrogens (tertiary/aromatic N) is 1. The summed E-state index contributed by atoms with van der Waals surface area (Å²) in [7, 11) is 0. The van der Waals surface area contributed by atoms with E-state index in [0.717, 1.165) is 10.5 Å². The number of hydrogen-bond donors (Lipinski definition) is 2. The number of rotatable bonds is 7. The van der Waals surface area contributed by atoms with Crippen molar-refractivity contribution in [2.45, 2.75) is 13.0 Å². The molecule has 2 N–H and O–H groups in total. The summed E-state index contributed by atoms with van der Waals surface area (Å²) < 4.78 is 0. The summed E-state index contributed by atoms with van der Waals surface area (Å²) >= 11 is 5.92. The van der Waals surface area contributed by atoms with Crippen LogP contribution in [0.15, 0.2) is 78.9 Å². The number of carboxylic acids is 1. The average Bonchev–Trinajstić information content (AvgIpc) is 2.77. The van der Waals surface area contributed by atoms with E-state index in [1.165, 1.54) is 24.3 Å². The van der Waals surface area contributed by atoms with Crippen molar-refractivity contribution in [3.63, 3.8) is 0 Å². The monoisotopic (exact) mass is 450 g/mol. The second kappa shape index (κ2) is 10.5. The van der Waals surface area contributed by atoms with Crippen molar-refractivity contribution >= 4 is 40.9 Å². The molecule has 7 nitrogen and oxygen atoms in total. The van der Waals surface area contributed by atoms with Crippen LogP contribution < -0.4 is 20.6 Å². The normalized spacial score (nSPS) is 11.3. The molecular formula is C24H21ClN3O4-. The van der Waals surface area contributed by atoms with E-state index >= 15 is 0 Å². The van der Waals surface area contributed by atoms with Crippen LogP contribution in [0.1, 0.15) is 17.2 Å². The van der Waals surface area contributed by atoms with Gasteiger partial charge >= 0.3 is 6.03 Å². The number of aliphatic carboxylic acids is 1. The Morgan fingerprint density at radius 3 is 2.28 bits per heavy atom. The molecule has 0 bridgehead atoms. The number of benzene rings is 3. The predicted molar refractivity (Wildman–Crippen MR) is 121 cm³/mol. The van der Waals surface area contributed by atoms with Gasteiger partial charge in [0.05, 0.1) is 12.5 Å². The molecule has 0 spiro atoms. The van der Waals surface area contributed by atoms with Gasteiger partial charge in [0.15, 0.2) is 0 Å². The maximum atomic E-state index is 13.1. The van der Waals surface area contributed by atoms with Gasteiger partial charge in [0.2, 0.25) is 5.91 Å². The molecule has 0 fully saturated rings. The molecule has 164 valence electrons. The topological polar surface area (TPSA) is 102 Å². The largest absolute Gasteiger partial charge is 0.547 e. The summed E-state index contributed by atoms with van der Waals surface area (Å²) in [5, 5.41) is 17.6. The third kappa shape index (κ3) is 5.86. The Labute approximate surface area is 190 Å². The third-order valence-corrected chi connectivity index (χ3v) is 4.90. The number of anilines is 2. The zero-order valence-electron chi connectivity index (χ0n) is 17.2. The Balaban J connectivity index is 1.81. The number of carboxylic acid groups (broad SMARTS) is 1. The molecule has 3 rings (SSSR count). The Bertz CT molecular complexity index is 1100. The van der Waals surface area contributed by atoms with Gasteiger partial charge in [0.1, 0.15) is 6.04 Å². The van der Waals surface area contributed by atoms with Crippen LogP contribution in [-0.4, -0.2) is 24.5 Å². The lowest BCUT2D eigenvalue weighted by Gasteiger charge is -2.33. The van der Waals surface area contributed by atoms with E-state index in [-0.39, 0.29) is 0 Å². The molecule has 0 saturated carbocycles. The second-order valence-electron chi connectivity index (χ2n) is 7.05. The molecule has 3 aromatic carbocycles. The van der Waals surface area contributed by atoms with E-state index in [2.05, 4.69) is 10.6 Å². The number of carbonyl (C=O) groups is 3. The molecule has 0 aliphatic rings. The molecule has 0 aromatic heterocycles. The highest BCUT2D eigenvalue weighted by atomic mass is 35.5. The molecule has 1 unspecified atom stereocenters. The molecule has 3 aromatic rings. The first-order valence-corrected chi connectivity index (χ1v) is 10.2. The van der Waals surface area contributed by atoms with Gasteiger partial charge in [-0.05, 0) is 54.4 Å². The van der Waals surface area contributed by atoms with Gasteiger partial charge in [-0.2, -0.15) is 0 Å².